The number of hydrogen-bond acceptors (Lipinski definition) is 2. The summed E-state index contributed by atoms with van der Waals surface area (Å²) in [4.78, 5) is 12.2. The van der Waals surface area contributed by atoms with Crippen LogP contribution in [0.25, 0.3) is 0 Å². The molecular weight excluding hydrogens is 306 g/mol. The van der Waals surface area contributed by atoms with Crippen molar-refractivity contribution in [3.05, 3.63) is 46.1 Å². The third kappa shape index (κ3) is 3.04. The molecule has 1 heterocycles. The van der Waals surface area contributed by atoms with E-state index in [1.165, 1.54) is 0 Å². The van der Waals surface area contributed by atoms with Gasteiger partial charge in [-0.2, -0.15) is 5.10 Å². The van der Waals surface area contributed by atoms with Crippen LogP contribution in [0.3, 0.4) is 0 Å². The minimum absolute atomic E-state index is 0.127. The number of amides is 1. The van der Waals surface area contributed by atoms with Gasteiger partial charge in [-0.3, -0.25) is 4.79 Å². The Balaban J connectivity index is 2.21. The van der Waals surface area contributed by atoms with E-state index in [2.05, 4.69) is 26.3 Å². The highest BCUT2D eigenvalue weighted by molar-refractivity contribution is 9.10. The second-order valence-corrected chi connectivity index (χ2v) is 5.53. The van der Waals surface area contributed by atoms with Gasteiger partial charge in [-0.05, 0) is 44.5 Å². The van der Waals surface area contributed by atoms with Crippen molar-refractivity contribution < 1.29 is 4.79 Å². The summed E-state index contributed by atoms with van der Waals surface area (Å²) in [7, 11) is 0. The van der Waals surface area contributed by atoms with Gasteiger partial charge < -0.3 is 5.32 Å². The SMILES string of the molecule is Cc1cc(C(=O)Nc2ccnn2C(C)C)ccc1Br. The van der Waals surface area contributed by atoms with Crippen molar-refractivity contribution in [2.75, 3.05) is 5.32 Å². The highest BCUT2D eigenvalue weighted by Gasteiger charge is 2.11. The molecule has 0 radical (unpaired) electrons. The van der Waals surface area contributed by atoms with E-state index in [0.717, 1.165) is 10.0 Å². The Morgan fingerprint density at radius 1 is 1.37 bits per heavy atom. The fourth-order valence-electron chi connectivity index (χ4n) is 1.80. The fraction of sp³-hybridized carbons (Fsp3) is 0.286. The molecule has 0 aliphatic carbocycles. The van der Waals surface area contributed by atoms with E-state index in [9.17, 15) is 4.79 Å². The lowest BCUT2D eigenvalue weighted by atomic mass is 10.1. The summed E-state index contributed by atoms with van der Waals surface area (Å²) in [6.45, 7) is 6.00. The standard InChI is InChI=1S/C14H16BrN3O/c1-9(2)18-13(6-7-16-18)17-14(19)11-4-5-12(15)10(3)8-11/h4-9H,1-3H3,(H,17,19). The van der Waals surface area contributed by atoms with Gasteiger partial charge in [-0.25, -0.2) is 4.68 Å². The lowest BCUT2D eigenvalue weighted by Gasteiger charge is -2.12. The molecule has 0 aliphatic rings. The molecule has 0 bridgehead atoms. The number of anilines is 1. The average molecular weight is 322 g/mol. The molecule has 19 heavy (non-hydrogen) atoms. The second-order valence-electron chi connectivity index (χ2n) is 4.67. The van der Waals surface area contributed by atoms with Gasteiger partial charge in [-0.1, -0.05) is 15.9 Å². The van der Waals surface area contributed by atoms with Crippen molar-refractivity contribution in [3.8, 4) is 0 Å². The van der Waals surface area contributed by atoms with Crippen molar-refractivity contribution in [1.82, 2.24) is 9.78 Å². The molecule has 1 N–H and O–H groups in total. The molecule has 0 saturated carbocycles. The number of rotatable bonds is 3. The van der Waals surface area contributed by atoms with Crippen LogP contribution in [0.2, 0.25) is 0 Å². The molecule has 0 unspecified atom stereocenters. The molecule has 100 valence electrons. The molecule has 4 nitrogen and oxygen atoms in total. The largest absolute Gasteiger partial charge is 0.307 e. The fourth-order valence-corrected chi connectivity index (χ4v) is 2.05. The molecule has 0 spiro atoms. The Morgan fingerprint density at radius 2 is 2.11 bits per heavy atom. The van der Waals surface area contributed by atoms with Crippen molar-refractivity contribution >= 4 is 27.7 Å². The van der Waals surface area contributed by atoms with Crippen LogP contribution in [-0.2, 0) is 0 Å². The number of hydrogen-bond donors (Lipinski definition) is 1. The molecule has 0 saturated heterocycles. The molecule has 0 atom stereocenters. The predicted octanol–water partition coefficient (Wildman–Crippen LogP) is 3.79. The zero-order valence-corrected chi connectivity index (χ0v) is 12.7. The van der Waals surface area contributed by atoms with E-state index in [4.69, 9.17) is 0 Å². The van der Waals surface area contributed by atoms with Crippen LogP contribution in [-0.4, -0.2) is 15.7 Å². The third-order valence-corrected chi connectivity index (χ3v) is 3.71. The number of aromatic nitrogens is 2. The van der Waals surface area contributed by atoms with Crippen LogP contribution in [0.5, 0.6) is 0 Å². The van der Waals surface area contributed by atoms with Gasteiger partial charge in [0.15, 0.2) is 0 Å². The van der Waals surface area contributed by atoms with Crippen molar-refractivity contribution in [2.24, 2.45) is 0 Å². The molecule has 2 rings (SSSR count). The zero-order valence-electron chi connectivity index (χ0n) is 11.1. The first kappa shape index (κ1) is 13.8. The lowest BCUT2D eigenvalue weighted by Crippen LogP contribution is -2.16. The molecule has 5 heteroatoms. The molecule has 0 aliphatic heterocycles. The van der Waals surface area contributed by atoms with Gasteiger partial charge in [0.05, 0.1) is 6.20 Å². The summed E-state index contributed by atoms with van der Waals surface area (Å²) >= 11 is 3.42. The molecule has 0 fully saturated rings. The first-order valence-electron chi connectivity index (χ1n) is 6.10. The maximum atomic E-state index is 12.2. The topological polar surface area (TPSA) is 46.9 Å². The van der Waals surface area contributed by atoms with Gasteiger partial charge in [0, 0.05) is 22.1 Å². The average Bonchev–Trinajstić information content (AvgIpc) is 2.80. The first-order chi connectivity index (χ1) is 8.99. The van der Waals surface area contributed by atoms with E-state index in [0.29, 0.717) is 11.4 Å². The summed E-state index contributed by atoms with van der Waals surface area (Å²) in [5, 5.41) is 7.07. The van der Waals surface area contributed by atoms with Crippen LogP contribution in [0.15, 0.2) is 34.9 Å². The molecular formula is C14H16BrN3O. The minimum atomic E-state index is -0.127. The summed E-state index contributed by atoms with van der Waals surface area (Å²) in [5.74, 6) is 0.582. The summed E-state index contributed by atoms with van der Waals surface area (Å²) in [6, 6.07) is 7.53. The number of nitrogens with one attached hydrogen (secondary N) is 1. The quantitative estimate of drug-likeness (QED) is 0.934. The van der Waals surface area contributed by atoms with Gasteiger partial charge in [0.1, 0.15) is 5.82 Å². The molecule has 1 aromatic heterocycles. The van der Waals surface area contributed by atoms with E-state index in [-0.39, 0.29) is 11.9 Å². The van der Waals surface area contributed by atoms with E-state index < -0.39 is 0 Å². The Labute approximate surface area is 120 Å². The highest BCUT2D eigenvalue weighted by Crippen LogP contribution is 2.19. The van der Waals surface area contributed by atoms with E-state index in [1.807, 2.05) is 32.9 Å². The van der Waals surface area contributed by atoms with Crippen molar-refractivity contribution in [1.29, 1.82) is 0 Å². The predicted molar refractivity (Wildman–Crippen MR) is 79.4 cm³/mol. The third-order valence-electron chi connectivity index (χ3n) is 2.82. The highest BCUT2D eigenvalue weighted by atomic mass is 79.9. The Hall–Kier alpha value is -1.62. The van der Waals surface area contributed by atoms with Crippen molar-refractivity contribution in [3.63, 3.8) is 0 Å². The Morgan fingerprint density at radius 3 is 2.74 bits per heavy atom. The van der Waals surface area contributed by atoms with Crippen LogP contribution in [0, 0.1) is 6.92 Å². The van der Waals surface area contributed by atoms with E-state index in [1.54, 1.807) is 23.0 Å². The van der Waals surface area contributed by atoms with Crippen molar-refractivity contribution in [2.45, 2.75) is 26.8 Å². The maximum Gasteiger partial charge on any atom is 0.256 e. The minimum Gasteiger partial charge on any atom is -0.307 e. The normalized spacial score (nSPS) is 10.8. The molecule has 1 aromatic carbocycles. The van der Waals surface area contributed by atoms with Crippen LogP contribution in [0.4, 0.5) is 5.82 Å². The maximum absolute atomic E-state index is 12.2. The van der Waals surface area contributed by atoms with Gasteiger partial charge in [-0.15, -0.1) is 0 Å². The number of carbonyl (C=O) groups is 1. The summed E-state index contributed by atoms with van der Waals surface area (Å²) in [6.07, 6.45) is 1.68. The summed E-state index contributed by atoms with van der Waals surface area (Å²) in [5.41, 5.74) is 1.67. The van der Waals surface area contributed by atoms with Gasteiger partial charge in [0.25, 0.3) is 5.91 Å². The Kier molecular flexibility index (Phi) is 4.04. The summed E-state index contributed by atoms with van der Waals surface area (Å²) < 4.78 is 2.78. The molecule has 2 aromatic rings. The number of nitrogens with zero attached hydrogens (tertiary/aromatic N) is 2. The smallest absolute Gasteiger partial charge is 0.256 e. The van der Waals surface area contributed by atoms with Crippen LogP contribution in [0.1, 0.15) is 35.8 Å². The number of aryl methyl sites for hydroxylation is 1. The van der Waals surface area contributed by atoms with Crippen LogP contribution < -0.4 is 5.32 Å². The van der Waals surface area contributed by atoms with Crippen LogP contribution >= 0.6 is 15.9 Å². The van der Waals surface area contributed by atoms with E-state index >= 15 is 0 Å². The number of benzene rings is 1. The Bertz CT molecular complexity index is 604. The van der Waals surface area contributed by atoms with Gasteiger partial charge >= 0.3 is 0 Å². The number of carbonyl (C=O) groups excluding carboxylic acids is 1. The monoisotopic (exact) mass is 321 g/mol. The zero-order chi connectivity index (χ0) is 14.0. The second kappa shape index (κ2) is 5.57. The first-order valence-corrected chi connectivity index (χ1v) is 6.89. The van der Waals surface area contributed by atoms with Gasteiger partial charge in [0.2, 0.25) is 0 Å². The molecule has 1 amide bonds. The number of halogens is 1. The lowest BCUT2D eigenvalue weighted by molar-refractivity contribution is 0.102.